The Kier molecular flexibility index (Phi) is 2.80. The standard InChI is InChI=1S/C11H16N2O2S/c1-13(11-6-4-10(12)5-7-11)16(14,15)8-9-2-3-9/h4-7,9H,2-3,8,12H2,1H3. The van der Waals surface area contributed by atoms with Gasteiger partial charge in [-0.3, -0.25) is 4.31 Å². The number of anilines is 2. The summed E-state index contributed by atoms with van der Waals surface area (Å²) in [5, 5.41) is 0. The number of nitrogens with zero attached hydrogens (tertiary/aromatic N) is 1. The lowest BCUT2D eigenvalue weighted by atomic mass is 10.3. The molecule has 1 aliphatic rings. The summed E-state index contributed by atoms with van der Waals surface area (Å²) < 4.78 is 25.3. The van der Waals surface area contributed by atoms with Crippen LogP contribution in [0.15, 0.2) is 24.3 Å². The van der Waals surface area contributed by atoms with E-state index in [4.69, 9.17) is 5.73 Å². The van der Waals surface area contributed by atoms with Crippen LogP contribution in [0.4, 0.5) is 11.4 Å². The zero-order valence-electron chi connectivity index (χ0n) is 9.26. The average Bonchev–Trinajstić information content (AvgIpc) is 3.01. The molecule has 88 valence electrons. The maximum atomic E-state index is 12.0. The van der Waals surface area contributed by atoms with Crippen LogP contribution in [0.2, 0.25) is 0 Å². The highest BCUT2D eigenvalue weighted by Crippen LogP contribution is 2.32. The first-order chi connectivity index (χ1) is 7.49. The van der Waals surface area contributed by atoms with E-state index < -0.39 is 10.0 Å². The summed E-state index contributed by atoms with van der Waals surface area (Å²) in [6.45, 7) is 0. The number of hydrogen-bond donors (Lipinski definition) is 1. The molecule has 5 heteroatoms. The van der Waals surface area contributed by atoms with Crippen molar-refractivity contribution in [3.05, 3.63) is 24.3 Å². The molecule has 2 N–H and O–H groups in total. The highest BCUT2D eigenvalue weighted by molar-refractivity contribution is 7.92. The molecule has 0 heterocycles. The molecule has 1 fully saturated rings. The van der Waals surface area contributed by atoms with Crippen molar-refractivity contribution in [2.24, 2.45) is 5.92 Å². The molecule has 16 heavy (non-hydrogen) atoms. The second-order valence-corrected chi connectivity index (χ2v) is 6.33. The van der Waals surface area contributed by atoms with Crippen LogP contribution in [0.3, 0.4) is 0 Å². The van der Waals surface area contributed by atoms with Crippen LogP contribution in [-0.4, -0.2) is 21.2 Å². The first kappa shape index (κ1) is 11.3. The van der Waals surface area contributed by atoms with E-state index in [0.717, 1.165) is 12.8 Å². The molecule has 0 spiro atoms. The van der Waals surface area contributed by atoms with Gasteiger partial charge in [0.2, 0.25) is 10.0 Å². The predicted molar refractivity (Wildman–Crippen MR) is 65.8 cm³/mol. The number of benzene rings is 1. The topological polar surface area (TPSA) is 63.4 Å². The van der Waals surface area contributed by atoms with Crippen molar-refractivity contribution in [3.63, 3.8) is 0 Å². The SMILES string of the molecule is CN(c1ccc(N)cc1)S(=O)(=O)CC1CC1. The van der Waals surface area contributed by atoms with E-state index in [1.54, 1.807) is 31.3 Å². The summed E-state index contributed by atoms with van der Waals surface area (Å²) in [5.74, 6) is 0.620. The fourth-order valence-electron chi connectivity index (χ4n) is 1.54. The zero-order valence-corrected chi connectivity index (χ0v) is 10.1. The number of nitrogen functional groups attached to an aromatic ring is 1. The van der Waals surface area contributed by atoms with Crippen molar-refractivity contribution in [2.45, 2.75) is 12.8 Å². The van der Waals surface area contributed by atoms with Crippen molar-refractivity contribution in [1.29, 1.82) is 0 Å². The molecule has 0 unspecified atom stereocenters. The molecular formula is C11H16N2O2S. The van der Waals surface area contributed by atoms with Gasteiger partial charge in [0.25, 0.3) is 0 Å². The second-order valence-electron chi connectivity index (χ2n) is 4.28. The summed E-state index contributed by atoms with van der Waals surface area (Å²) in [6, 6.07) is 6.86. The summed E-state index contributed by atoms with van der Waals surface area (Å²) in [4.78, 5) is 0. The minimum absolute atomic E-state index is 0.258. The van der Waals surface area contributed by atoms with Gasteiger partial charge in [-0.05, 0) is 43.0 Å². The van der Waals surface area contributed by atoms with Crippen molar-refractivity contribution in [1.82, 2.24) is 0 Å². The van der Waals surface area contributed by atoms with Gasteiger partial charge in [0.15, 0.2) is 0 Å². The van der Waals surface area contributed by atoms with Crippen LogP contribution in [0.5, 0.6) is 0 Å². The summed E-state index contributed by atoms with van der Waals surface area (Å²) >= 11 is 0. The molecule has 0 aromatic heterocycles. The van der Waals surface area contributed by atoms with Crippen LogP contribution >= 0.6 is 0 Å². The lowest BCUT2D eigenvalue weighted by Crippen LogP contribution is -2.29. The summed E-state index contributed by atoms with van der Waals surface area (Å²) in [7, 11) is -1.58. The van der Waals surface area contributed by atoms with Gasteiger partial charge in [0.1, 0.15) is 0 Å². The van der Waals surface area contributed by atoms with Gasteiger partial charge in [-0.15, -0.1) is 0 Å². The zero-order chi connectivity index (χ0) is 11.8. The van der Waals surface area contributed by atoms with Crippen LogP contribution in [0.1, 0.15) is 12.8 Å². The Morgan fingerprint density at radius 1 is 1.31 bits per heavy atom. The molecular weight excluding hydrogens is 224 g/mol. The molecule has 1 aromatic rings. The van der Waals surface area contributed by atoms with Crippen molar-refractivity contribution in [2.75, 3.05) is 22.8 Å². The number of nitrogens with two attached hydrogens (primary N) is 1. The Balaban J connectivity index is 2.16. The smallest absolute Gasteiger partial charge is 0.235 e. The molecule has 0 bridgehead atoms. The third-order valence-corrected chi connectivity index (χ3v) is 4.76. The number of hydrogen-bond acceptors (Lipinski definition) is 3. The van der Waals surface area contributed by atoms with Crippen LogP contribution in [0, 0.1) is 5.92 Å². The summed E-state index contributed by atoms with van der Waals surface area (Å²) in [5.41, 5.74) is 6.86. The van der Waals surface area contributed by atoms with Crippen molar-refractivity contribution in [3.8, 4) is 0 Å². The van der Waals surface area contributed by atoms with E-state index in [1.165, 1.54) is 4.31 Å². The Morgan fingerprint density at radius 3 is 2.38 bits per heavy atom. The average molecular weight is 240 g/mol. The third-order valence-electron chi connectivity index (χ3n) is 2.82. The highest BCUT2D eigenvalue weighted by atomic mass is 32.2. The molecule has 1 aromatic carbocycles. The minimum Gasteiger partial charge on any atom is -0.399 e. The largest absolute Gasteiger partial charge is 0.399 e. The lowest BCUT2D eigenvalue weighted by Gasteiger charge is -2.19. The van der Waals surface area contributed by atoms with E-state index in [-0.39, 0.29) is 5.75 Å². The molecule has 1 saturated carbocycles. The van der Waals surface area contributed by atoms with Crippen LogP contribution in [0.25, 0.3) is 0 Å². The Bertz CT molecular complexity index is 463. The maximum absolute atomic E-state index is 12.0. The van der Waals surface area contributed by atoms with Crippen LogP contribution < -0.4 is 10.0 Å². The molecule has 0 aliphatic heterocycles. The first-order valence-electron chi connectivity index (χ1n) is 5.31. The monoisotopic (exact) mass is 240 g/mol. The van der Waals surface area contributed by atoms with Crippen LogP contribution in [-0.2, 0) is 10.0 Å². The Hall–Kier alpha value is -1.23. The highest BCUT2D eigenvalue weighted by Gasteiger charge is 2.30. The van der Waals surface area contributed by atoms with Crippen molar-refractivity contribution >= 4 is 21.4 Å². The van der Waals surface area contributed by atoms with Gasteiger partial charge < -0.3 is 5.73 Å². The molecule has 4 nitrogen and oxygen atoms in total. The summed E-state index contributed by atoms with van der Waals surface area (Å²) in [6.07, 6.45) is 2.07. The van der Waals surface area contributed by atoms with E-state index in [0.29, 0.717) is 17.3 Å². The second kappa shape index (κ2) is 3.97. The Morgan fingerprint density at radius 2 is 1.88 bits per heavy atom. The van der Waals surface area contributed by atoms with E-state index in [1.807, 2.05) is 0 Å². The van der Waals surface area contributed by atoms with Gasteiger partial charge >= 0.3 is 0 Å². The number of sulfonamides is 1. The van der Waals surface area contributed by atoms with Crippen molar-refractivity contribution < 1.29 is 8.42 Å². The van der Waals surface area contributed by atoms with Gasteiger partial charge in [-0.2, -0.15) is 0 Å². The van der Waals surface area contributed by atoms with E-state index in [9.17, 15) is 8.42 Å². The van der Waals surface area contributed by atoms with Gasteiger partial charge in [-0.25, -0.2) is 8.42 Å². The Labute approximate surface area is 96.1 Å². The van der Waals surface area contributed by atoms with Gasteiger partial charge in [0.05, 0.1) is 11.4 Å². The fourth-order valence-corrected chi connectivity index (χ4v) is 3.13. The molecule has 0 saturated heterocycles. The fraction of sp³-hybridized carbons (Fsp3) is 0.455. The lowest BCUT2D eigenvalue weighted by molar-refractivity contribution is 0.590. The molecule has 0 radical (unpaired) electrons. The van der Waals surface area contributed by atoms with E-state index >= 15 is 0 Å². The predicted octanol–water partition coefficient (Wildman–Crippen LogP) is 1.44. The third kappa shape index (κ3) is 2.47. The first-order valence-corrected chi connectivity index (χ1v) is 6.92. The molecule has 1 aliphatic carbocycles. The normalized spacial score (nSPS) is 16.1. The maximum Gasteiger partial charge on any atom is 0.235 e. The molecule has 0 atom stereocenters. The van der Waals surface area contributed by atoms with Gasteiger partial charge in [0, 0.05) is 12.7 Å². The minimum atomic E-state index is -3.17. The number of rotatable bonds is 4. The quantitative estimate of drug-likeness (QED) is 0.810. The van der Waals surface area contributed by atoms with Gasteiger partial charge in [-0.1, -0.05) is 0 Å². The van der Waals surface area contributed by atoms with E-state index in [2.05, 4.69) is 0 Å². The molecule has 2 rings (SSSR count). The molecule has 0 amide bonds.